The zero-order valence-electron chi connectivity index (χ0n) is 16.0. The van der Waals surface area contributed by atoms with Crippen LogP contribution in [0.25, 0.3) is 0 Å². The van der Waals surface area contributed by atoms with Crippen LogP contribution >= 0.6 is 11.6 Å². The topological polar surface area (TPSA) is 72.8 Å². The summed E-state index contributed by atoms with van der Waals surface area (Å²) in [4.78, 5) is 20.7. The number of carbonyl (C=O) groups is 1. The fraction of sp³-hybridized carbons (Fsp3) is 0.250. The lowest BCUT2D eigenvalue weighted by Gasteiger charge is -2.27. The first-order chi connectivity index (χ1) is 14.3. The van der Waals surface area contributed by atoms with E-state index in [0.29, 0.717) is 12.7 Å². The highest BCUT2D eigenvalue weighted by atomic mass is 35.5. The van der Waals surface area contributed by atoms with E-state index in [-0.39, 0.29) is 40.0 Å². The summed E-state index contributed by atoms with van der Waals surface area (Å²) in [7, 11) is 1.19. The molecule has 0 amide bonds. The number of hydrogen-bond donors (Lipinski definition) is 1. The van der Waals surface area contributed by atoms with Crippen LogP contribution in [0.2, 0.25) is 5.02 Å². The highest BCUT2D eigenvalue weighted by molar-refractivity contribution is 6.31. The Morgan fingerprint density at radius 3 is 2.63 bits per heavy atom. The molecular weight excluding hydrogens is 423 g/mol. The number of aliphatic imine (C=N–C) groups is 1. The summed E-state index contributed by atoms with van der Waals surface area (Å²) < 4.78 is 51.5. The van der Waals surface area contributed by atoms with E-state index in [9.17, 15) is 18.0 Å². The van der Waals surface area contributed by atoms with Crippen LogP contribution in [-0.2, 0) is 14.3 Å². The number of ether oxygens (including phenoxy) is 2. The van der Waals surface area contributed by atoms with Crippen molar-refractivity contribution in [3.05, 3.63) is 75.5 Å². The molecule has 0 fully saturated rings. The van der Waals surface area contributed by atoms with Crippen molar-refractivity contribution in [2.24, 2.45) is 4.99 Å². The summed E-state index contributed by atoms with van der Waals surface area (Å²) in [6.45, 7) is 2.03. The van der Waals surface area contributed by atoms with Crippen LogP contribution < -0.4 is 5.32 Å². The molecule has 158 valence electrons. The molecule has 0 spiro atoms. The van der Waals surface area contributed by atoms with Gasteiger partial charge in [-0.1, -0.05) is 17.7 Å². The van der Waals surface area contributed by atoms with Gasteiger partial charge in [-0.15, -0.1) is 0 Å². The molecule has 1 unspecified atom stereocenters. The number of halogens is 4. The van der Waals surface area contributed by atoms with Crippen LogP contribution in [0.1, 0.15) is 24.2 Å². The van der Waals surface area contributed by atoms with Gasteiger partial charge in [0.1, 0.15) is 23.4 Å². The average molecular weight is 440 g/mol. The van der Waals surface area contributed by atoms with Crippen molar-refractivity contribution in [3.8, 4) is 0 Å². The number of nitrogens with zero attached hydrogens (tertiary/aromatic N) is 2. The minimum absolute atomic E-state index is 0.00898. The first-order valence-corrected chi connectivity index (χ1v) is 9.23. The lowest BCUT2D eigenvalue weighted by atomic mass is 9.95. The quantitative estimate of drug-likeness (QED) is 0.695. The second kappa shape index (κ2) is 9.27. The molecule has 1 aliphatic rings. The van der Waals surface area contributed by atoms with Gasteiger partial charge in [0, 0.05) is 23.3 Å². The van der Waals surface area contributed by atoms with Crippen LogP contribution in [0.5, 0.6) is 0 Å². The summed E-state index contributed by atoms with van der Waals surface area (Å²) in [5.74, 6) is -3.18. The third kappa shape index (κ3) is 4.47. The number of aromatic nitrogens is 1. The van der Waals surface area contributed by atoms with Gasteiger partial charge in [0.2, 0.25) is 0 Å². The standard InChI is InChI=1S/C20H17ClF3N3O3/c1-3-30-9-15-16(20(28)29-2)17(12-5-4-10(22)6-13(12)21)27-19(26-15)18-14(24)7-11(23)8-25-18/h4-8,17H,3,9H2,1-2H3,(H,26,27). The fourth-order valence-electron chi connectivity index (χ4n) is 2.92. The Balaban J connectivity index is 2.20. The number of methoxy groups -OCH3 is 1. The lowest BCUT2D eigenvalue weighted by molar-refractivity contribution is -0.136. The third-order valence-corrected chi connectivity index (χ3v) is 4.60. The first-order valence-electron chi connectivity index (χ1n) is 8.86. The normalized spacial score (nSPS) is 16.2. The molecule has 0 saturated carbocycles. The number of carbonyl (C=O) groups excluding carboxylic acids is 1. The van der Waals surface area contributed by atoms with Crippen LogP contribution in [-0.4, -0.2) is 37.1 Å². The largest absolute Gasteiger partial charge is 0.466 e. The molecule has 2 heterocycles. The van der Waals surface area contributed by atoms with E-state index in [1.807, 2.05) is 0 Å². The van der Waals surface area contributed by atoms with E-state index in [2.05, 4.69) is 15.3 Å². The zero-order valence-corrected chi connectivity index (χ0v) is 16.8. The van der Waals surface area contributed by atoms with Crippen molar-refractivity contribution in [1.82, 2.24) is 10.3 Å². The second-order valence-electron chi connectivity index (χ2n) is 6.18. The molecule has 0 radical (unpaired) electrons. The smallest absolute Gasteiger partial charge is 0.338 e. The Morgan fingerprint density at radius 2 is 2.00 bits per heavy atom. The van der Waals surface area contributed by atoms with E-state index in [4.69, 9.17) is 21.1 Å². The number of rotatable bonds is 6. The maximum Gasteiger partial charge on any atom is 0.338 e. The highest BCUT2D eigenvalue weighted by Gasteiger charge is 2.34. The molecule has 0 saturated heterocycles. The van der Waals surface area contributed by atoms with E-state index in [1.165, 1.54) is 13.2 Å². The van der Waals surface area contributed by atoms with Crippen molar-refractivity contribution in [1.29, 1.82) is 0 Å². The molecule has 0 bridgehead atoms. The predicted molar refractivity (Wildman–Crippen MR) is 104 cm³/mol. The van der Waals surface area contributed by atoms with Crippen molar-refractivity contribution in [3.63, 3.8) is 0 Å². The van der Waals surface area contributed by atoms with Crippen molar-refractivity contribution >= 4 is 23.4 Å². The minimum Gasteiger partial charge on any atom is -0.466 e. The van der Waals surface area contributed by atoms with Gasteiger partial charge in [0.15, 0.2) is 11.7 Å². The van der Waals surface area contributed by atoms with Gasteiger partial charge in [0.05, 0.1) is 31.2 Å². The van der Waals surface area contributed by atoms with Crippen LogP contribution in [0.15, 0.2) is 46.7 Å². The van der Waals surface area contributed by atoms with E-state index in [1.54, 1.807) is 6.92 Å². The third-order valence-electron chi connectivity index (χ3n) is 4.27. The van der Waals surface area contributed by atoms with E-state index < -0.39 is 29.5 Å². The van der Waals surface area contributed by atoms with E-state index >= 15 is 0 Å². The SMILES string of the molecule is CCOCC1=C(C(=O)OC)C(c2ccc(F)cc2Cl)N=C(c2ncc(F)cc2F)N1. The summed E-state index contributed by atoms with van der Waals surface area (Å²) in [5, 5.41) is 2.83. The average Bonchev–Trinajstić information content (AvgIpc) is 2.71. The van der Waals surface area contributed by atoms with Crippen molar-refractivity contribution < 1.29 is 27.4 Å². The van der Waals surface area contributed by atoms with Gasteiger partial charge in [-0.05, 0) is 19.1 Å². The second-order valence-corrected chi connectivity index (χ2v) is 6.58. The molecule has 1 aromatic heterocycles. The molecule has 1 aromatic carbocycles. The molecule has 6 nitrogen and oxygen atoms in total. The number of benzene rings is 1. The van der Waals surface area contributed by atoms with Crippen LogP contribution in [0.3, 0.4) is 0 Å². The summed E-state index contributed by atoms with van der Waals surface area (Å²) >= 11 is 6.20. The first kappa shape index (κ1) is 21.8. The Morgan fingerprint density at radius 1 is 1.23 bits per heavy atom. The van der Waals surface area contributed by atoms with Gasteiger partial charge in [-0.25, -0.2) is 22.9 Å². The monoisotopic (exact) mass is 439 g/mol. The molecular formula is C20H17ClF3N3O3. The predicted octanol–water partition coefficient (Wildman–Crippen LogP) is 3.71. The highest BCUT2D eigenvalue weighted by Crippen LogP contribution is 2.36. The van der Waals surface area contributed by atoms with Crippen molar-refractivity contribution in [2.45, 2.75) is 13.0 Å². The number of amidine groups is 1. The molecule has 3 rings (SSSR count). The van der Waals surface area contributed by atoms with Gasteiger partial charge in [0.25, 0.3) is 0 Å². The molecule has 30 heavy (non-hydrogen) atoms. The minimum atomic E-state index is -1.07. The van der Waals surface area contributed by atoms with Gasteiger partial charge in [-0.2, -0.15) is 0 Å². The van der Waals surface area contributed by atoms with Gasteiger partial charge in [-0.3, -0.25) is 4.99 Å². The van der Waals surface area contributed by atoms with Crippen LogP contribution in [0.4, 0.5) is 13.2 Å². The Bertz CT molecular complexity index is 1040. The van der Waals surface area contributed by atoms with Crippen LogP contribution in [0, 0.1) is 17.5 Å². The molecule has 1 aliphatic heterocycles. The summed E-state index contributed by atoms with van der Waals surface area (Å²) in [5.41, 5.74) is 0.321. The maximum absolute atomic E-state index is 14.4. The fourth-order valence-corrected chi connectivity index (χ4v) is 3.19. The summed E-state index contributed by atoms with van der Waals surface area (Å²) in [6, 6.07) is 3.19. The van der Waals surface area contributed by atoms with Crippen molar-refractivity contribution in [2.75, 3.05) is 20.3 Å². The number of nitrogens with one attached hydrogen (secondary N) is 1. The summed E-state index contributed by atoms with van der Waals surface area (Å²) in [6.07, 6.45) is 0.838. The number of pyridine rings is 1. The Kier molecular flexibility index (Phi) is 6.73. The maximum atomic E-state index is 14.4. The Hall–Kier alpha value is -2.91. The molecule has 1 atom stereocenters. The zero-order chi connectivity index (χ0) is 21.8. The molecule has 2 aromatic rings. The molecule has 0 aliphatic carbocycles. The molecule has 10 heteroatoms. The number of hydrogen-bond acceptors (Lipinski definition) is 6. The lowest BCUT2D eigenvalue weighted by Crippen LogP contribution is -2.36. The number of esters is 1. The van der Waals surface area contributed by atoms with Gasteiger partial charge < -0.3 is 14.8 Å². The Labute approximate surface area is 175 Å². The molecule has 1 N–H and O–H groups in total. The van der Waals surface area contributed by atoms with E-state index in [0.717, 1.165) is 18.3 Å². The van der Waals surface area contributed by atoms with Gasteiger partial charge >= 0.3 is 5.97 Å².